The predicted molar refractivity (Wildman–Crippen MR) is 117 cm³/mol. The summed E-state index contributed by atoms with van der Waals surface area (Å²) in [5, 5.41) is 3.01. The second kappa shape index (κ2) is 10.4. The van der Waals surface area contributed by atoms with Crippen LogP contribution in [0.15, 0.2) is 46.9 Å². The molecule has 2 rings (SSSR count). The van der Waals surface area contributed by atoms with Gasteiger partial charge in [-0.15, -0.1) is 0 Å². The average molecular weight is 485 g/mol. The second-order valence-electron chi connectivity index (χ2n) is 6.10. The number of rotatable bonds is 5. The number of hydrogen-bond acceptors (Lipinski definition) is 4. The van der Waals surface area contributed by atoms with Crippen molar-refractivity contribution in [2.75, 3.05) is 6.61 Å². The number of nitrogens with one attached hydrogen (secondary N) is 3. The number of thiocarbonyl (C=S) groups is 1. The molecule has 148 valence electrons. The van der Waals surface area contributed by atoms with Crippen LogP contribution in [-0.2, 0) is 4.79 Å². The minimum Gasteiger partial charge on any atom is -0.483 e. The number of carbonyl (C=O) groups excluding carboxylic acids is 2. The summed E-state index contributed by atoms with van der Waals surface area (Å²) in [5.41, 5.74) is 6.42. The first kappa shape index (κ1) is 22.1. The fourth-order valence-electron chi connectivity index (χ4n) is 2.12. The Morgan fingerprint density at radius 3 is 2.43 bits per heavy atom. The van der Waals surface area contributed by atoms with Crippen molar-refractivity contribution in [3.8, 4) is 5.75 Å². The number of halogens is 2. The second-order valence-corrected chi connectivity index (χ2v) is 7.80. The van der Waals surface area contributed by atoms with E-state index >= 15 is 0 Å². The summed E-state index contributed by atoms with van der Waals surface area (Å²) in [5.74, 6) is 0.00851. The Morgan fingerprint density at radius 1 is 1.14 bits per heavy atom. The third-order valence-corrected chi connectivity index (χ3v) is 4.69. The fourth-order valence-corrected chi connectivity index (χ4v) is 3.06. The number of carbonyl (C=O) groups is 2. The van der Waals surface area contributed by atoms with E-state index in [0.717, 1.165) is 5.56 Å². The van der Waals surface area contributed by atoms with E-state index < -0.39 is 5.91 Å². The highest BCUT2D eigenvalue weighted by atomic mass is 79.9. The lowest BCUT2D eigenvalue weighted by Gasteiger charge is -2.12. The van der Waals surface area contributed by atoms with Crippen molar-refractivity contribution < 1.29 is 14.3 Å². The Bertz CT molecular complexity index is 875. The molecule has 2 aromatic rings. The Hall–Kier alpha value is -2.16. The molecule has 0 radical (unpaired) electrons. The van der Waals surface area contributed by atoms with Crippen LogP contribution < -0.4 is 20.9 Å². The third kappa shape index (κ3) is 6.78. The van der Waals surface area contributed by atoms with Crippen molar-refractivity contribution >= 4 is 56.7 Å². The SMILES string of the molecule is CC(C)c1ccc(C(=O)NC(=S)NNC(=O)COc2ccc(Cl)cc2Br)cc1. The van der Waals surface area contributed by atoms with Gasteiger partial charge in [0.05, 0.1) is 4.47 Å². The molecule has 2 aromatic carbocycles. The quantitative estimate of drug-likeness (QED) is 0.442. The molecule has 0 bridgehead atoms. The molecule has 9 heteroatoms. The Labute approximate surface area is 182 Å². The Balaban J connectivity index is 1.76. The first-order valence-corrected chi connectivity index (χ1v) is 9.92. The number of hydrazine groups is 1. The molecule has 0 aromatic heterocycles. The standard InChI is InChI=1S/C19H19BrClN3O3S/c1-11(2)12-3-5-13(6-4-12)18(26)22-19(28)24-23-17(25)10-27-16-8-7-14(21)9-15(16)20/h3-9,11H,10H2,1-2H3,(H,23,25)(H2,22,24,26,28). The van der Waals surface area contributed by atoms with E-state index in [1.807, 2.05) is 12.1 Å². The van der Waals surface area contributed by atoms with Gasteiger partial charge < -0.3 is 4.74 Å². The molecule has 0 aliphatic carbocycles. The molecule has 0 atom stereocenters. The van der Waals surface area contributed by atoms with Crippen molar-refractivity contribution in [2.24, 2.45) is 0 Å². The largest absolute Gasteiger partial charge is 0.483 e. The zero-order chi connectivity index (χ0) is 20.7. The molecule has 6 nitrogen and oxygen atoms in total. The first-order valence-electron chi connectivity index (χ1n) is 8.34. The summed E-state index contributed by atoms with van der Waals surface area (Å²) in [7, 11) is 0. The van der Waals surface area contributed by atoms with E-state index in [0.29, 0.717) is 26.7 Å². The van der Waals surface area contributed by atoms with Gasteiger partial charge in [-0.2, -0.15) is 0 Å². The third-order valence-electron chi connectivity index (χ3n) is 3.63. The number of ether oxygens (including phenoxy) is 1. The van der Waals surface area contributed by atoms with E-state index in [1.165, 1.54) is 0 Å². The van der Waals surface area contributed by atoms with Crippen LogP contribution in [0.4, 0.5) is 0 Å². The Morgan fingerprint density at radius 2 is 1.82 bits per heavy atom. The Kier molecular flexibility index (Phi) is 8.22. The molecule has 2 amide bonds. The van der Waals surface area contributed by atoms with Gasteiger partial charge in [0, 0.05) is 10.6 Å². The molecule has 0 spiro atoms. The summed E-state index contributed by atoms with van der Waals surface area (Å²) in [6.07, 6.45) is 0. The van der Waals surface area contributed by atoms with Gasteiger partial charge in [-0.1, -0.05) is 37.6 Å². The van der Waals surface area contributed by atoms with E-state index in [2.05, 4.69) is 45.9 Å². The van der Waals surface area contributed by atoms with Crippen molar-refractivity contribution in [1.29, 1.82) is 0 Å². The van der Waals surface area contributed by atoms with E-state index in [1.54, 1.807) is 30.3 Å². The lowest BCUT2D eigenvalue weighted by Crippen LogP contribution is -2.49. The average Bonchev–Trinajstić information content (AvgIpc) is 2.65. The van der Waals surface area contributed by atoms with Gasteiger partial charge in [0.15, 0.2) is 11.7 Å². The highest BCUT2D eigenvalue weighted by molar-refractivity contribution is 9.10. The lowest BCUT2D eigenvalue weighted by molar-refractivity contribution is -0.123. The monoisotopic (exact) mass is 483 g/mol. The minimum absolute atomic E-state index is 0.0287. The molecule has 0 saturated carbocycles. The number of hydrogen-bond donors (Lipinski definition) is 3. The minimum atomic E-state index is -0.472. The maximum atomic E-state index is 12.2. The van der Waals surface area contributed by atoms with E-state index in [9.17, 15) is 9.59 Å². The molecule has 0 aliphatic rings. The van der Waals surface area contributed by atoms with Gasteiger partial charge in [0.2, 0.25) is 0 Å². The molecule has 0 unspecified atom stereocenters. The van der Waals surface area contributed by atoms with E-state index in [-0.39, 0.29) is 17.6 Å². The normalized spacial score (nSPS) is 10.3. The van der Waals surface area contributed by atoms with Gasteiger partial charge in [0.25, 0.3) is 11.8 Å². The summed E-state index contributed by atoms with van der Waals surface area (Å²) in [6.45, 7) is 3.90. The summed E-state index contributed by atoms with van der Waals surface area (Å²) in [6, 6.07) is 12.2. The summed E-state index contributed by atoms with van der Waals surface area (Å²) >= 11 is 14.2. The maximum Gasteiger partial charge on any atom is 0.276 e. The van der Waals surface area contributed by atoms with Gasteiger partial charge >= 0.3 is 0 Å². The van der Waals surface area contributed by atoms with E-state index in [4.69, 9.17) is 28.6 Å². The van der Waals surface area contributed by atoms with Gasteiger partial charge in [-0.25, -0.2) is 0 Å². The van der Waals surface area contributed by atoms with Gasteiger partial charge in [-0.3, -0.25) is 25.8 Å². The van der Waals surface area contributed by atoms with Crippen molar-refractivity contribution in [3.63, 3.8) is 0 Å². The smallest absolute Gasteiger partial charge is 0.276 e. The molecular formula is C19H19BrClN3O3S. The first-order chi connectivity index (χ1) is 13.3. The fraction of sp³-hybridized carbons (Fsp3) is 0.211. The highest BCUT2D eigenvalue weighted by Gasteiger charge is 2.10. The van der Waals surface area contributed by atoms with Crippen LogP contribution in [0.5, 0.6) is 5.75 Å². The summed E-state index contributed by atoms with van der Waals surface area (Å²) in [4.78, 5) is 24.0. The van der Waals surface area contributed by atoms with Crippen LogP contribution in [0.3, 0.4) is 0 Å². The number of benzene rings is 2. The van der Waals surface area contributed by atoms with Crippen molar-refractivity contribution in [1.82, 2.24) is 16.2 Å². The maximum absolute atomic E-state index is 12.2. The van der Waals surface area contributed by atoms with Gasteiger partial charge in [-0.05, 0) is 70.0 Å². The topological polar surface area (TPSA) is 79.5 Å². The predicted octanol–water partition coefficient (Wildman–Crippen LogP) is 3.94. The van der Waals surface area contributed by atoms with Crippen LogP contribution in [0.25, 0.3) is 0 Å². The summed E-state index contributed by atoms with van der Waals surface area (Å²) < 4.78 is 6.01. The van der Waals surface area contributed by atoms with Crippen LogP contribution in [0.2, 0.25) is 5.02 Å². The van der Waals surface area contributed by atoms with Crippen LogP contribution in [0, 0.1) is 0 Å². The van der Waals surface area contributed by atoms with Crippen LogP contribution in [0.1, 0.15) is 35.7 Å². The molecule has 0 heterocycles. The lowest BCUT2D eigenvalue weighted by atomic mass is 10.0. The molecule has 28 heavy (non-hydrogen) atoms. The number of amides is 2. The van der Waals surface area contributed by atoms with Crippen LogP contribution in [-0.4, -0.2) is 23.5 Å². The highest BCUT2D eigenvalue weighted by Crippen LogP contribution is 2.27. The zero-order valence-electron chi connectivity index (χ0n) is 15.2. The zero-order valence-corrected chi connectivity index (χ0v) is 18.4. The van der Waals surface area contributed by atoms with Crippen molar-refractivity contribution in [3.05, 3.63) is 63.1 Å². The molecule has 3 N–H and O–H groups in total. The van der Waals surface area contributed by atoms with Crippen molar-refractivity contribution in [2.45, 2.75) is 19.8 Å². The molecule has 0 aliphatic heterocycles. The van der Waals surface area contributed by atoms with Crippen LogP contribution >= 0.6 is 39.7 Å². The molecule has 0 saturated heterocycles. The van der Waals surface area contributed by atoms with Gasteiger partial charge in [0.1, 0.15) is 5.75 Å². The molecular weight excluding hydrogens is 466 g/mol. The molecule has 0 fully saturated rings.